The van der Waals surface area contributed by atoms with Crippen molar-refractivity contribution < 1.29 is 4.74 Å². The Kier molecular flexibility index (Phi) is 4.92. The van der Waals surface area contributed by atoms with E-state index in [1.165, 1.54) is 28.6 Å². The molecule has 1 aliphatic heterocycles. The maximum atomic E-state index is 5.38. The van der Waals surface area contributed by atoms with Crippen molar-refractivity contribution in [2.45, 2.75) is 25.3 Å². The third-order valence-electron chi connectivity index (χ3n) is 4.01. The highest BCUT2D eigenvalue weighted by molar-refractivity contribution is 9.11. The molecule has 1 aromatic heterocycles. The van der Waals surface area contributed by atoms with Crippen molar-refractivity contribution >= 4 is 27.3 Å². The molecule has 3 rings (SSSR count). The first-order valence-electron chi connectivity index (χ1n) is 7.14. The number of morpholine rings is 1. The molecule has 5 heteroatoms. The molecule has 0 aromatic carbocycles. The summed E-state index contributed by atoms with van der Waals surface area (Å²) in [5, 5.41) is 3.74. The fourth-order valence-electron chi connectivity index (χ4n) is 2.96. The van der Waals surface area contributed by atoms with Crippen molar-refractivity contribution in [2.24, 2.45) is 0 Å². The van der Waals surface area contributed by atoms with Gasteiger partial charge in [0.25, 0.3) is 0 Å². The molecule has 0 radical (unpaired) electrons. The average molecular weight is 345 g/mol. The summed E-state index contributed by atoms with van der Waals surface area (Å²) in [7, 11) is 0. The molecule has 1 saturated heterocycles. The molecule has 1 aromatic rings. The van der Waals surface area contributed by atoms with E-state index < -0.39 is 0 Å². The van der Waals surface area contributed by atoms with Crippen LogP contribution in [0.3, 0.4) is 0 Å². The first kappa shape index (κ1) is 14.0. The Morgan fingerprint density at radius 2 is 2.26 bits per heavy atom. The fourth-order valence-corrected chi connectivity index (χ4v) is 4.77. The van der Waals surface area contributed by atoms with E-state index in [0.717, 1.165) is 39.4 Å². The van der Waals surface area contributed by atoms with Crippen molar-refractivity contribution in [3.63, 3.8) is 0 Å². The number of thiophene rings is 1. The highest BCUT2D eigenvalue weighted by atomic mass is 79.9. The molecule has 0 spiro atoms. The zero-order valence-electron chi connectivity index (χ0n) is 11.2. The third kappa shape index (κ3) is 3.58. The Bertz CT molecular complexity index is 418. The molecule has 2 heterocycles. The molecule has 1 N–H and O–H groups in total. The van der Waals surface area contributed by atoms with Gasteiger partial charge in [0.2, 0.25) is 0 Å². The van der Waals surface area contributed by atoms with E-state index in [9.17, 15) is 0 Å². The van der Waals surface area contributed by atoms with E-state index in [0.29, 0.717) is 6.04 Å². The van der Waals surface area contributed by atoms with Crippen molar-refractivity contribution in [1.82, 2.24) is 10.2 Å². The number of fused-ring (bicyclic) bond motifs is 1. The first-order chi connectivity index (χ1) is 9.33. The fraction of sp³-hybridized carbons (Fsp3) is 0.714. The Labute approximate surface area is 127 Å². The second-order valence-corrected chi connectivity index (χ2v) is 7.80. The average Bonchev–Trinajstić information content (AvgIpc) is 2.81. The lowest BCUT2D eigenvalue weighted by Crippen LogP contribution is -2.41. The van der Waals surface area contributed by atoms with Crippen LogP contribution in [0.2, 0.25) is 0 Å². The van der Waals surface area contributed by atoms with Gasteiger partial charge < -0.3 is 10.1 Å². The molecule has 1 unspecified atom stereocenters. The number of hydrogen-bond acceptors (Lipinski definition) is 4. The van der Waals surface area contributed by atoms with Gasteiger partial charge in [0, 0.05) is 37.1 Å². The summed E-state index contributed by atoms with van der Waals surface area (Å²) in [6.45, 7) is 6.18. The molecule has 1 fully saturated rings. The second kappa shape index (κ2) is 6.68. The summed E-state index contributed by atoms with van der Waals surface area (Å²) < 4.78 is 6.66. The van der Waals surface area contributed by atoms with Gasteiger partial charge in [-0.15, -0.1) is 11.3 Å². The zero-order valence-corrected chi connectivity index (χ0v) is 13.6. The number of aryl methyl sites for hydroxylation is 1. The smallest absolute Gasteiger partial charge is 0.0704 e. The summed E-state index contributed by atoms with van der Waals surface area (Å²) >= 11 is 5.52. The van der Waals surface area contributed by atoms with Crippen LogP contribution in [0.15, 0.2) is 9.85 Å². The number of rotatable bonds is 4. The van der Waals surface area contributed by atoms with E-state index in [4.69, 9.17) is 4.74 Å². The molecule has 1 aliphatic carbocycles. The highest BCUT2D eigenvalue weighted by Gasteiger charge is 2.22. The molecule has 0 bridgehead atoms. The highest BCUT2D eigenvalue weighted by Crippen LogP contribution is 2.37. The quantitative estimate of drug-likeness (QED) is 0.908. The van der Waals surface area contributed by atoms with E-state index in [2.05, 4.69) is 32.2 Å². The van der Waals surface area contributed by atoms with Gasteiger partial charge in [0.15, 0.2) is 0 Å². The summed E-state index contributed by atoms with van der Waals surface area (Å²) in [5.41, 5.74) is 1.53. The van der Waals surface area contributed by atoms with Crippen LogP contribution in [0.5, 0.6) is 0 Å². The van der Waals surface area contributed by atoms with Crippen molar-refractivity contribution in [3.8, 4) is 0 Å². The molecule has 106 valence electrons. The van der Waals surface area contributed by atoms with Crippen LogP contribution in [-0.4, -0.2) is 44.3 Å². The van der Waals surface area contributed by atoms with E-state index in [1.807, 2.05) is 11.3 Å². The van der Waals surface area contributed by atoms with Gasteiger partial charge in [-0.2, -0.15) is 0 Å². The van der Waals surface area contributed by atoms with E-state index >= 15 is 0 Å². The second-order valence-electron chi connectivity index (χ2n) is 5.28. The van der Waals surface area contributed by atoms with Gasteiger partial charge >= 0.3 is 0 Å². The Morgan fingerprint density at radius 1 is 1.42 bits per heavy atom. The van der Waals surface area contributed by atoms with Crippen LogP contribution in [0.4, 0.5) is 0 Å². The van der Waals surface area contributed by atoms with Gasteiger partial charge in [-0.3, -0.25) is 4.90 Å². The molecule has 0 saturated carbocycles. The zero-order chi connectivity index (χ0) is 13.1. The Hall–Kier alpha value is 0.0600. The van der Waals surface area contributed by atoms with Crippen LogP contribution < -0.4 is 5.32 Å². The van der Waals surface area contributed by atoms with E-state index in [1.54, 1.807) is 4.88 Å². The standard InChI is InChI=1S/C14H21BrN2OS/c15-14-10-11-12(2-1-3-13(11)19-14)16-4-5-17-6-8-18-9-7-17/h10,12,16H,1-9H2. The van der Waals surface area contributed by atoms with E-state index in [-0.39, 0.29) is 0 Å². The van der Waals surface area contributed by atoms with Gasteiger partial charge in [-0.25, -0.2) is 0 Å². The van der Waals surface area contributed by atoms with Gasteiger partial charge in [-0.1, -0.05) is 0 Å². The minimum absolute atomic E-state index is 0.562. The Morgan fingerprint density at radius 3 is 3.11 bits per heavy atom. The van der Waals surface area contributed by atoms with Crippen LogP contribution in [0, 0.1) is 0 Å². The maximum Gasteiger partial charge on any atom is 0.0704 e. The molecule has 19 heavy (non-hydrogen) atoms. The van der Waals surface area contributed by atoms with Crippen LogP contribution >= 0.6 is 27.3 Å². The van der Waals surface area contributed by atoms with Gasteiger partial charge in [0.1, 0.15) is 0 Å². The molecule has 3 nitrogen and oxygen atoms in total. The number of hydrogen-bond donors (Lipinski definition) is 1. The largest absolute Gasteiger partial charge is 0.379 e. The lowest BCUT2D eigenvalue weighted by molar-refractivity contribution is 0.0380. The van der Waals surface area contributed by atoms with Crippen molar-refractivity contribution in [1.29, 1.82) is 0 Å². The first-order valence-corrected chi connectivity index (χ1v) is 8.75. The van der Waals surface area contributed by atoms with Crippen LogP contribution in [0.1, 0.15) is 29.3 Å². The number of nitrogens with zero attached hydrogens (tertiary/aromatic N) is 1. The summed E-state index contributed by atoms with van der Waals surface area (Å²) in [6, 6.07) is 2.87. The lowest BCUT2D eigenvalue weighted by Gasteiger charge is -2.29. The van der Waals surface area contributed by atoms with Crippen LogP contribution in [-0.2, 0) is 11.2 Å². The summed E-state index contributed by atoms with van der Waals surface area (Å²) in [6.07, 6.45) is 3.85. The number of nitrogens with one attached hydrogen (secondary N) is 1. The SMILES string of the molecule is Brc1cc2c(s1)CCCC2NCCN1CCOCC1. The van der Waals surface area contributed by atoms with Gasteiger partial charge in [0.05, 0.1) is 17.0 Å². The monoisotopic (exact) mass is 344 g/mol. The molecular formula is C14H21BrN2OS. The lowest BCUT2D eigenvalue weighted by atomic mass is 9.94. The molecule has 2 aliphatic rings. The predicted molar refractivity (Wildman–Crippen MR) is 83.0 cm³/mol. The summed E-state index contributed by atoms with van der Waals surface area (Å²) in [5.74, 6) is 0. The van der Waals surface area contributed by atoms with Gasteiger partial charge in [-0.05, 0) is 46.8 Å². The normalized spacial score (nSPS) is 24.4. The third-order valence-corrected chi connectivity index (χ3v) is 5.72. The topological polar surface area (TPSA) is 24.5 Å². The summed E-state index contributed by atoms with van der Waals surface area (Å²) in [4.78, 5) is 4.06. The minimum Gasteiger partial charge on any atom is -0.379 e. The van der Waals surface area contributed by atoms with Crippen LogP contribution in [0.25, 0.3) is 0 Å². The molecular weight excluding hydrogens is 324 g/mol. The minimum atomic E-state index is 0.562. The Balaban J connectivity index is 1.50. The van der Waals surface area contributed by atoms with Crippen molar-refractivity contribution in [3.05, 3.63) is 20.3 Å². The number of ether oxygens (including phenoxy) is 1. The molecule has 0 amide bonds. The predicted octanol–water partition coefficient (Wildman–Crippen LogP) is 2.81. The maximum absolute atomic E-state index is 5.38. The number of halogens is 1. The molecule has 1 atom stereocenters. The van der Waals surface area contributed by atoms with Crippen molar-refractivity contribution in [2.75, 3.05) is 39.4 Å².